The first kappa shape index (κ1) is 14.7. The van der Waals surface area contributed by atoms with Gasteiger partial charge in [0.25, 0.3) is 10.2 Å². The number of hydrogen-bond acceptors (Lipinski definition) is 4. The molecule has 7 nitrogen and oxygen atoms in total. The highest BCUT2D eigenvalue weighted by Crippen LogP contribution is 2.19. The molecular weight excluding hydrogens is 272 g/mol. The van der Waals surface area contributed by atoms with Crippen LogP contribution in [0.3, 0.4) is 0 Å². The smallest absolute Gasteiger partial charge is 0.306 e. The number of carbonyl (C=O) groups is 1. The highest BCUT2D eigenvalue weighted by molar-refractivity contribution is 7.87. The molecular formula is C11H20N2O5S. The Morgan fingerprint density at radius 2 is 2.00 bits per heavy atom. The Morgan fingerprint density at radius 1 is 1.32 bits per heavy atom. The third-order valence-corrected chi connectivity index (χ3v) is 5.24. The predicted octanol–water partition coefficient (Wildman–Crippen LogP) is -0.204. The van der Waals surface area contributed by atoms with Crippen LogP contribution in [0.4, 0.5) is 0 Å². The lowest BCUT2D eigenvalue weighted by atomic mass is 9.99. The third kappa shape index (κ3) is 3.88. The highest BCUT2D eigenvalue weighted by atomic mass is 32.2. The molecule has 0 aromatic rings. The number of rotatable bonds is 5. The molecule has 0 amide bonds. The standard InChI is InChI=1S/C11H20N2O5S/c14-11(15)9-3-5-13(6-4-9)19(16,17)12-8-10-2-1-7-18-10/h9-10,12H,1-8H2,(H,14,15). The van der Waals surface area contributed by atoms with Crippen molar-refractivity contribution >= 4 is 16.2 Å². The van der Waals surface area contributed by atoms with Crippen molar-refractivity contribution in [3.05, 3.63) is 0 Å². The molecule has 1 atom stereocenters. The van der Waals surface area contributed by atoms with E-state index in [1.807, 2.05) is 0 Å². The zero-order valence-electron chi connectivity index (χ0n) is 10.7. The quantitative estimate of drug-likeness (QED) is 0.731. The Hall–Kier alpha value is -0.700. The van der Waals surface area contributed by atoms with Crippen molar-refractivity contribution in [1.29, 1.82) is 0 Å². The van der Waals surface area contributed by atoms with Gasteiger partial charge in [-0.1, -0.05) is 0 Å². The van der Waals surface area contributed by atoms with Crippen LogP contribution in [0.5, 0.6) is 0 Å². The SMILES string of the molecule is O=C(O)C1CCN(S(=O)(=O)NCC2CCCO2)CC1. The molecule has 0 radical (unpaired) electrons. The van der Waals surface area contributed by atoms with E-state index in [9.17, 15) is 13.2 Å². The second-order valence-corrected chi connectivity index (χ2v) is 6.76. The summed E-state index contributed by atoms with van der Waals surface area (Å²) in [5.74, 6) is -1.27. The maximum atomic E-state index is 12.0. The van der Waals surface area contributed by atoms with Crippen molar-refractivity contribution in [1.82, 2.24) is 9.03 Å². The first-order valence-corrected chi connectivity index (χ1v) is 8.02. The van der Waals surface area contributed by atoms with Crippen molar-refractivity contribution < 1.29 is 23.1 Å². The van der Waals surface area contributed by atoms with Gasteiger partial charge in [0, 0.05) is 26.2 Å². The zero-order chi connectivity index (χ0) is 13.9. The second-order valence-electron chi connectivity index (χ2n) is 5.00. The van der Waals surface area contributed by atoms with E-state index in [2.05, 4.69) is 4.72 Å². The van der Waals surface area contributed by atoms with Gasteiger partial charge in [-0.15, -0.1) is 0 Å². The van der Waals surface area contributed by atoms with Gasteiger partial charge in [-0.3, -0.25) is 4.79 Å². The molecule has 2 aliphatic rings. The second kappa shape index (κ2) is 6.17. The van der Waals surface area contributed by atoms with Crippen molar-refractivity contribution in [2.75, 3.05) is 26.2 Å². The molecule has 0 spiro atoms. The Labute approximate surface area is 113 Å². The lowest BCUT2D eigenvalue weighted by Gasteiger charge is -2.29. The Morgan fingerprint density at radius 3 is 2.53 bits per heavy atom. The molecule has 0 aromatic heterocycles. The fourth-order valence-corrected chi connectivity index (χ4v) is 3.71. The lowest BCUT2D eigenvalue weighted by Crippen LogP contribution is -2.47. The van der Waals surface area contributed by atoms with Gasteiger partial charge in [0.2, 0.25) is 0 Å². The molecule has 2 aliphatic heterocycles. The Bertz CT molecular complexity index is 411. The lowest BCUT2D eigenvalue weighted by molar-refractivity contribution is -0.142. The number of nitrogens with zero attached hydrogens (tertiary/aromatic N) is 1. The summed E-state index contributed by atoms with van der Waals surface area (Å²) in [6, 6.07) is 0. The van der Waals surface area contributed by atoms with E-state index in [1.165, 1.54) is 4.31 Å². The molecule has 0 aliphatic carbocycles. The normalized spacial score (nSPS) is 26.6. The first-order chi connectivity index (χ1) is 8.99. The molecule has 2 N–H and O–H groups in total. The molecule has 2 fully saturated rings. The zero-order valence-corrected chi connectivity index (χ0v) is 11.6. The summed E-state index contributed by atoms with van der Waals surface area (Å²) in [5.41, 5.74) is 0. The summed E-state index contributed by atoms with van der Waals surface area (Å²) in [4.78, 5) is 10.8. The minimum Gasteiger partial charge on any atom is -0.481 e. The van der Waals surface area contributed by atoms with Crippen molar-refractivity contribution in [3.63, 3.8) is 0 Å². The van der Waals surface area contributed by atoms with Crippen LogP contribution in [0.1, 0.15) is 25.7 Å². The number of nitrogens with one attached hydrogen (secondary N) is 1. The average Bonchev–Trinajstić information content (AvgIpc) is 2.90. The van der Waals surface area contributed by atoms with E-state index in [0.717, 1.165) is 12.8 Å². The summed E-state index contributed by atoms with van der Waals surface area (Å²) < 4.78 is 33.3. The molecule has 110 valence electrons. The molecule has 1 unspecified atom stereocenters. The third-order valence-electron chi connectivity index (χ3n) is 3.66. The summed E-state index contributed by atoms with van der Waals surface area (Å²) in [7, 11) is -3.51. The maximum Gasteiger partial charge on any atom is 0.306 e. The average molecular weight is 292 g/mol. The van der Waals surface area contributed by atoms with Gasteiger partial charge in [0.05, 0.1) is 12.0 Å². The van der Waals surface area contributed by atoms with Gasteiger partial charge in [-0.2, -0.15) is 17.4 Å². The van der Waals surface area contributed by atoms with E-state index in [-0.39, 0.29) is 19.2 Å². The maximum absolute atomic E-state index is 12.0. The summed E-state index contributed by atoms with van der Waals surface area (Å²) in [6.07, 6.45) is 2.55. The van der Waals surface area contributed by atoms with E-state index in [1.54, 1.807) is 0 Å². The van der Waals surface area contributed by atoms with E-state index in [0.29, 0.717) is 26.0 Å². The number of carboxylic acids is 1. The summed E-state index contributed by atoms with van der Waals surface area (Å²) in [5, 5.41) is 8.87. The van der Waals surface area contributed by atoms with Gasteiger partial charge in [-0.05, 0) is 25.7 Å². The van der Waals surface area contributed by atoms with Crippen LogP contribution >= 0.6 is 0 Å². The predicted molar refractivity (Wildman–Crippen MR) is 67.8 cm³/mol. The molecule has 19 heavy (non-hydrogen) atoms. The number of aliphatic carboxylic acids is 1. The summed E-state index contributed by atoms with van der Waals surface area (Å²) >= 11 is 0. The minimum atomic E-state index is -3.51. The van der Waals surface area contributed by atoms with Crippen LogP contribution in [0.2, 0.25) is 0 Å². The Kier molecular flexibility index (Phi) is 4.77. The largest absolute Gasteiger partial charge is 0.481 e. The fourth-order valence-electron chi connectivity index (χ4n) is 2.44. The van der Waals surface area contributed by atoms with Crippen LogP contribution < -0.4 is 4.72 Å². The van der Waals surface area contributed by atoms with Crippen molar-refractivity contribution in [2.45, 2.75) is 31.8 Å². The van der Waals surface area contributed by atoms with Gasteiger partial charge in [0.1, 0.15) is 0 Å². The van der Waals surface area contributed by atoms with E-state index >= 15 is 0 Å². The van der Waals surface area contributed by atoms with Gasteiger partial charge < -0.3 is 9.84 Å². The molecule has 0 saturated carbocycles. The van der Waals surface area contributed by atoms with Crippen molar-refractivity contribution in [3.8, 4) is 0 Å². The molecule has 0 aromatic carbocycles. The van der Waals surface area contributed by atoms with E-state index < -0.39 is 22.1 Å². The van der Waals surface area contributed by atoms with E-state index in [4.69, 9.17) is 9.84 Å². The highest BCUT2D eigenvalue weighted by Gasteiger charge is 2.31. The summed E-state index contributed by atoms with van der Waals surface area (Å²) in [6.45, 7) is 1.51. The number of ether oxygens (including phenoxy) is 1. The van der Waals surface area contributed by atoms with Crippen LogP contribution in [0.25, 0.3) is 0 Å². The van der Waals surface area contributed by atoms with Crippen molar-refractivity contribution in [2.24, 2.45) is 5.92 Å². The van der Waals surface area contributed by atoms with Crippen LogP contribution in [-0.2, 0) is 19.7 Å². The molecule has 0 bridgehead atoms. The molecule has 2 saturated heterocycles. The topological polar surface area (TPSA) is 95.9 Å². The van der Waals surface area contributed by atoms with Crippen LogP contribution in [0.15, 0.2) is 0 Å². The molecule has 8 heteroatoms. The van der Waals surface area contributed by atoms with Gasteiger partial charge in [0.15, 0.2) is 0 Å². The number of hydrogen-bond donors (Lipinski definition) is 2. The Balaban J connectivity index is 1.81. The van der Waals surface area contributed by atoms with Crippen LogP contribution in [-0.4, -0.2) is 56.1 Å². The number of carboxylic acid groups (broad SMARTS) is 1. The van der Waals surface area contributed by atoms with Crippen LogP contribution in [0, 0.1) is 5.92 Å². The van der Waals surface area contributed by atoms with Gasteiger partial charge in [-0.25, -0.2) is 0 Å². The monoisotopic (exact) mass is 292 g/mol. The van der Waals surface area contributed by atoms with Gasteiger partial charge >= 0.3 is 5.97 Å². The molecule has 2 rings (SSSR count). The fraction of sp³-hybridized carbons (Fsp3) is 0.909. The molecule has 2 heterocycles. The number of piperidine rings is 1. The minimum absolute atomic E-state index is 0.0358. The first-order valence-electron chi connectivity index (χ1n) is 6.58.